The number of hydrogen-bond donors (Lipinski definition) is 1. The molecule has 1 heterocycles. The maximum atomic E-state index is 11.9. The highest BCUT2D eigenvalue weighted by atomic mass is 28.4. The van der Waals surface area contributed by atoms with Crippen molar-refractivity contribution in [3.05, 3.63) is 0 Å². The van der Waals surface area contributed by atoms with Crippen LogP contribution in [0.3, 0.4) is 0 Å². The maximum Gasteiger partial charge on any atom is 0.311 e. The second-order valence-electron chi connectivity index (χ2n) is 8.44. The van der Waals surface area contributed by atoms with Crippen LogP contribution in [-0.2, 0) is 18.7 Å². The van der Waals surface area contributed by atoms with Gasteiger partial charge < -0.3 is 19.0 Å². The first-order valence-corrected chi connectivity index (χ1v) is 11.4. The van der Waals surface area contributed by atoms with Crippen molar-refractivity contribution >= 4 is 14.3 Å². The normalized spacial score (nSPS) is 24.4. The van der Waals surface area contributed by atoms with Gasteiger partial charge in [-0.15, -0.1) is 0 Å². The van der Waals surface area contributed by atoms with Gasteiger partial charge in [-0.3, -0.25) is 4.79 Å². The summed E-state index contributed by atoms with van der Waals surface area (Å²) in [5.41, 5.74) is 0. The van der Waals surface area contributed by atoms with Gasteiger partial charge in [-0.25, -0.2) is 0 Å². The minimum atomic E-state index is -2.06. The summed E-state index contributed by atoms with van der Waals surface area (Å²) in [6, 6.07) is 0. The average Bonchev–Trinajstić information content (AvgIpc) is 2.67. The summed E-state index contributed by atoms with van der Waals surface area (Å²) in [5, 5.41) is 9.84. The number of carboxylic acid groups (broad SMARTS) is 1. The highest BCUT2D eigenvalue weighted by Gasteiger charge is 2.47. The predicted octanol–water partition coefficient (Wildman–Crippen LogP) is 4.03. The smallest absolute Gasteiger partial charge is 0.311 e. The van der Waals surface area contributed by atoms with Crippen molar-refractivity contribution in [2.75, 3.05) is 6.61 Å². The molecule has 1 N–H and O–H groups in total. The van der Waals surface area contributed by atoms with Gasteiger partial charge in [-0.2, -0.15) is 0 Å². The van der Waals surface area contributed by atoms with Gasteiger partial charge in [0.05, 0.1) is 12.7 Å². The zero-order valence-corrected chi connectivity index (χ0v) is 16.9. The Bertz CT molecular complexity index is 414. The van der Waals surface area contributed by atoms with Gasteiger partial charge in [0.25, 0.3) is 0 Å². The van der Waals surface area contributed by atoms with Gasteiger partial charge in [0.2, 0.25) is 0 Å². The lowest BCUT2D eigenvalue weighted by molar-refractivity contribution is -0.166. The van der Waals surface area contributed by atoms with Crippen LogP contribution in [-0.4, -0.2) is 44.0 Å². The molecule has 0 bridgehead atoms. The first-order chi connectivity index (χ1) is 10.3. The Kier molecular flexibility index (Phi) is 6.46. The molecular weight excluding hydrogens is 312 g/mol. The van der Waals surface area contributed by atoms with E-state index >= 15 is 0 Å². The third-order valence-electron chi connectivity index (χ3n) is 4.94. The summed E-state index contributed by atoms with van der Waals surface area (Å²) >= 11 is 0. The first-order valence-electron chi connectivity index (χ1n) is 8.53. The maximum absolute atomic E-state index is 11.9. The Labute approximate surface area is 141 Å². The predicted molar refractivity (Wildman–Crippen MR) is 93.0 cm³/mol. The van der Waals surface area contributed by atoms with E-state index in [0.717, 1.165) is 6.42 Å². The fourth-order valence-corrected chi connectivity index (χ4v) is 3.98. The highest BCUT2D eigenvalue weighted by Crippen LogP contribution is 2.40. The molecule has 0 aromatic heterocycles. The quantitative estimate of drug-likeness (QED) is 0.705. The van der Waals surface area contributed by atoms with Crippen LogP contribution in [0.25, 0.3) is 0 Å². The van der Waals surface area contributed by atoms with E-state index in [4.69, 9.17) is 13.9 Å². The lowest BCUT2D eigenvalue weighted by atomic mass is 9.93. The molecule has 6 heteroatoms. The molecule has 1 rings (SSSR count). The monoisotopic (exact) mass is 346 g/mol. The number of aliphatic carboxylic acids is 1. The van der Waals surface area contributed by atoms with Crippen molar-refractivity contribution < 1.29 is 23.8 Å². The number of carbonyl (C=O) groups is 1. The fraction of sp³-hybridized carbons (Fsp3) is 0.941. The number of carboxylic acids is 1. The Morgan fingerprint density at radius 2 is 1.96 bits per heavy atom. The Morgan fingerprint density at radius 1 is 1.39 bits per heavy atom. The fourth-order valence-electron chi connectivity index (χ4n) is 2.60. The van der Waals surface area contributed by atoms with Crippen molar-refractivity contribution in [1.29, 1.82) is 0 Å². The third-order valence-corrected chi connectivity index (χ3v) is 9.45. The molecule has 0 amide bonds. The Balaban J connectivity index is 3.01. The summed E-state index contributed by atoms with van der Waals surface area (Å²) < 4.78 is 17.9. The van der Waals surface area contributed by atoms with Crippen LogP contribution in [0.2, 0.25) is 18.1 Å². The molecule has 0 radical (unpaired) electrons. The zero-order valence-electron chi connectivity index (χ0n) is 15.9. The number of rotatable bonds is 7. The molecule has 0 aromatic rings. The molecule has 0 aromatic carbocycles. The second kappa shape index (κ2) is 7.21. The van der Waals surface area contributed by atoms with E-state index in [0.29, 0.717) is 13.0 Å². The SMILES string of the molecule is CCC[C@@H](O[Si](C)(C)C(C)(C)C)C(C(=O)O)C1COC(C)(C)O1. The van der Waals surface area contributed by atoms with E-state index < -0.39 is 32.1 Å². The highest BCUT2D eigenvalue weighted by molar-refractivity contribution is 6.74. The molecule has 1 aliphatic rings. The van der Waals surface area contributed by atoms with Crippen LogP contribution in [0, 0.1) is 5.92 Å². The van der Waals surface area contributed by atoms with Crippen LogP contribution in [0.5, 0.6) is 0 Å². The molecule has 1 fully saturated rings. The summed E-state index contributed by atoms with van der Waals surface area (Å²) in [6.45, 7) is 16.8. The van der Waals surface area contributed by atoms with Gasteiger partial charge in [0.15, 0.2) is 14.1 Å². The third kappa shape index (κ3) is 5.27. The topological polar surface area (TPSA) is 65.0 Å². The molecule has 3 atom stereocenters. The Morgan fingerprint density at radius 3 is 2.30 bits per heavy atom. The first kappa shape index (κ1) is 20.6. The van der Waals surface area contributed by atoms with Gasteiger partial charge in [0.1, 0.15) is 12.0 Å². The van der Waals surface area contributed by atoms with Crippen molar-refractivity contribution in [1.82, 2.24) is 0 Å². The van der Waals surface area contributed by atoms with E-state index in [9.17, 15) is 9.90 Å². The van der Waals surface area contributed by atoms with E-state index in [-0.39, 0.29) is 11.1 Å². The lowest BCUT2D eigenvalue weighted by Gasteiger charge is -2.41. The molecule has 1 saturated heterocycles. The van der Waals surface area contributed by atoms with E-state index in [1.807, 2.05) is 13.8 Å². The minimum Gasteiger partial charge on any atom is -0.481 e. The van der Waals surface area contributed by atoms with Crippen molar-refractivity contribution in [3.63, 3.8) is 0 Å². The molecule has 2 unspecified atom stereocenters. The van der Waals surface area contributed by atoms with Crippen molar-refractivity contribution in [2.24, 2.45) is 5.92 Å². The van der Waals surface area contributed by atoms with Crippen LogP contribution >= 0.6 is 0 Å². The molecule has 23 heavy (non-hydrogen) atoms. The summed E-state index contributed by atoms with van der Waals surface area (Å²) in [4.78, 5) is 11.9. The molecule has 0 spiro atoms. The lowest BCUT2D eigenvalue weighted by Crippen LogP contribution is -2.50. The second-order valence-corrected chi connectivity index (χ2v) is 13.2. The van der Waals surface area contributed by atoms with Crippen LogP contribution in [0.1, 0.15) is 54.4 Å². The zero-order chi connectivity index (χ0) is 18.1. The van der Waals surface area contributed by atoms with Crippen molar-refractivity contribution in [3.8, 4) is 0 Å². The summed E-state index contributed by atoms with van der Waals surface area (Å²) in [6.07, 6.45) is 0.772. The van der Waals surface area contributed by atoms with Gasteiger partial charge in [-0.05, 0) is 38.4 Å². The Hall–Kier alpha value is -0.433. The summed E-state index contributed by atoms with van der Waals surface area (Å²) in [5.74, 6) is -2.30. The van der Waals surface area contributed by atoms with E-state index in [1.165, 1.54) is 0 Å². The van der Waals surface area contributed by atoms with Crippen LogP contribution in [0.15, 0.2) is 0 Å². The molecule has 0 saturated carbocycles. The van der Waals surface area contributed by atoms with Crippen LogP contribution in [0.4, 0.5) is 0 Å². The van der Waals surface area contributed by atoms with E-state index in [1.54, 1.807) is 0 Å². The molecule has 136 valence electrons. The standard InChI is InChI=1S/C17H34O5Si/c1-9-10-12(22-23(7,8)16(2,3)4)14(15(18)19)13-11-20-17(5,6)21-13/h12-14H,9-11H2,1-8H3,(H,18,19)/t12-,13?,14?/m1/s1. The van der Waals surface area contributed by atoms with Gasteiger partial charge >= 0.3 is 5.97 Å². The number of ether oxygens (including phenoxy) is 2. The van der Waals surface area contributed by atoms with Gasteiger partial charge in [0, 0.05) is 0 Å². The summed E-state index contributed by atoms with van der Waals surface area (Å²) in [7, 11) is -2.06. The van der Waals surface area contributed by atoms with Crippen LogP contribution < -0.4 is 0 Å². The van der Waals surface area contributed by atoms with Crippen molar-refractivity contribution in [2.45, 2.75) is 90.5 Å². The minimum absolute atomic E-state index is 0.0361. The molecule has 0 aliphatic carbocycles. The number of hydrogen-bond acceptors (Lipinski definition) is 4. The molecular formula is C17H34O5Si. The average molecular weight is 347 g/mol. The van der Waals surface area contributed by atoms with Gasteiger partial charge in [-0.1, -0.05) is 34.1 Å². The molecule has 5 nitrogen and oxygen atoms in total. The largest absolute Gasteiger partial charge is 0.481 e. The van der Waals surface area contributed by atoms with E-state index in [2.05, 4.69) is 40.8 Å². The molecule has 1 aliphatic heterocycles.